The molecule has 1 N–H and O–H groups in total. The van der Waals surface area contributed by atoms with E-state index in [9.17, 15) is 9.59 Å². The number of unbranched alkanes of at least 4 members (excludes halogenated alkanes) is 4. The van der Waals surface area contributed by atoms with Crippen molar-refractivity contribution in [1.29, 1.82) is 0 Å². The zero-order valence-corrected chi connectivity index (χ0v) is 19.5. The van der Waals surface area contributed by atoms with Crippen LogP contribution in [0.5, 0.6) is 0 Å². The van der Waals surface area contributed by atoms with Crippen molar-refractivity contribution < 1.29 is 9.59 Å². The van der Waals surface area contributed by atoms with E-state index in [2.05, 4.69) is 33.0 Å². The third-order valence-electron chi connectivity index (χ3n) is 5.59. The molecule has 3 nitrogen and oxygen atoms in total. The maximum absolute atomic E-state index is 10.9. The van der Waals surface area contributed by atoms with Crippen LogP contribution in [0.15, 0.2) is 24.3 Å². The van der Waals surface area contributed by atoms with Crippen LogP contribution in [0.25, 0.3) is 0 Å². The maximum Gasteiger partial charge on any atom is 0.258 e. The average Bonchev–Trinajstić information content (AvgIpc) is 3.01. The molecule has 0 atom stereocenters. The lowest BCUT2D eigenvalue weighted by Gasteiger charge is -2.37. The number of benzene rings is 1. The van der Waals surface area contributed by atoms with Gasteiger partial charge in [-0.15, -0.1) is 7.26 Å². The summed E-state index contributed by atoms with van der Waals surface area (Å²) in [6.45, 7) is 9.42. The lowest BCUT2D eigenvalue weighted by atomic mass is 10.1. The number of nitrogens with one attached hydrogen (secondary N) is 1. The Balaban J connectivity index is 0.000000302. The van der Waals surface area contributed by atoms with Crippen LogP contribution in [0.4, 0.5) is 0 Å². The lowest BCUT2D eigenvalue weighted by molar-refractivity contribution is 0.0879. The van der Waals surface area contributed by atoms with Gasteiger partial charge in [0.1, 0.15) is 0 Å². The maximum atomic E-state index is 10.9. The van der Waals surface area contributed by atoms with Crippen LogP contribution in [0.1, 0.15) is 99.8 Å². The summed E-state index contributed by atoms with van der Waals surface area (Å²) in [7, 11) is -0.562. The normalized spacial score (nSPS) is 13.0. The van der Waals surface area contributed by atoms with Gasteiger partial charge in [0.25, 0.3) is 11.8 Å². The molecule has 1 aliphatic rings. The molecule has 159 valence electrons. The van der Waals surface area contributed by atoms with E-state index in [1.807, 2.05) is 0 Å². The van der Waals surface area contributed by atoms with E-state index >= 15 is 0 Å². The highest BCUT2D eigenvalue weighted by molar-refractivity contribution is 7.75. The molecule has 28 heavy (non-hydrogen) atoms. The molecule has 1 aromatic carbocycles. The summed E-state index contributed by atoms with van der Waals surface area (Å²) in [5, 5.41) is 2.20. The van der Waals surface area contributed by atoms with Gasteiger partial charge in [-0.3, -0.25) is 14.9 Å². The minimum Gasteiger partial charge on any atom is -0.288 e. The summed E-state index contributed by atoms with van der Waals surface area (Å²) >= 11 is 0. The molecule has 0 saturated heterocycles. The van der Waals surface area contributed by atoms with Crippen molar-refractivity contribution in [2.75, 3.05) is 24.6 Å². The second kappa shape index (κ2) is 13.9. The molecule has 1 radical (unpaired) electrons. The number of hydrogen-bond acceptors (Lipinski definition) is 2. The zero-order valence-electron chi connectivity index (χ0n) is 18.6. The van der Waals surface area contributed by atoms with E-state index in [1.54, 1.807) is 48.9 Å². The highest BCUT2D eigenvalue weighted by Gasteiger charge is 2.25. The third-order valence-corrected chi connectivity index (χ3v) is 10.6. The summed E-state index contributed by atoms with van der Waals surface area (Å²) in [5.74, 6) is -0.601. The van der Waals surface area contributed by atoms with Gasteiger partial charge < -0.3 is 0 Å². The molecule has 0 unspecified atom stereocenters. The SMILES string of the molecule is CCCC[P](CCCC)(CCCC)CCCC.O=C1NC(=O)c2ccccc21. The fraction of sp³-hybridized carbons (Fsp3) is 0.667. The number of carbonyl (C=O) groups is 2. The number of imide groups is 1. The topological polar surface area (TPSA) is 46.2 Å². The minimum absolute atomic E-state index is 0.300. The molecule has 0 aromatic heterocycles. The van der Waals surface area contributed by atoms with Crippen LogP contribution in [-0.4, -0.2) is 36.5 Å². The van der Waals surface area contributed by atoms with E-state index in [1.165, 1.54) is 51.4 Å². The molecule has 0 aliphatic carbocycles. The molecule has 2 rings (SSSR count). The van der Waals surface area contributed by atoms with Crippen molar-refractivity contribution in [2.24, 2.45) is 0 Å². The van der Waals surface area contributed by atoms with Gasteiger partial charge in [0, 0.05) is 0 Å². The number of carbonyl (C=O) groups excluding carboxylic acids is 2. The summed E-state index contributed by atoms with van der Waals surface area (Å²) in [6.07, 6.45) is 17.9. The predicted octanol–water partition coefficient (Wildman–Crippen LogP) is 6.77. The highest BCUT2D eigenvalue weighted by atomic mass is 31.2. The van der Waals surface area contributed by atoms with Crippen molar-refractivity contribution in [2.45, 2.75) is 79.1 Å². The molecule has 0 fully saturated rings. The number of rotatable bonds is 12. The van der Waals surface area contributed by atoms with E-state index in [-0.39, 0.29) is 11.8 Å². The van der Waals surface area contributed by atoms with E-state index in [4.69, 9.17) is 0 Å². The Kier molecular flexibility index (Phi) is 12.3. The minimum atomic E-state index is -0.562. The van der Waals surface area contributed by atoms with Crippen LogP contribution >= 0.6 is 7.26 Å². The number of amides is 2. The summed E-state index contributed by atoms with van der Waals surface area (Å²) in [5.41, 5.74) is 0.940. The van der Waals surface area contributed by atoms with Crippen LogP contribution < -0.4 is 5.32 Å². The molecule has 1 heterocycles. The average molecular weight is 407 g/mol. The van der Waals surface area contributed by atoms with Crippen molar-refractivity contribution >= 4 is 19.1 Å². The summed E-state index contributed by atoms with van der Waals surface area (Å²) in [6, 6.07) is 6.74. The Morgan fingerprint density at radius 1 is 0.643 bits per heavy atom. The molecule has 1 aliphatic heterocycles. The first-order valence-electron chi connectivity index (χ1n) is 11.3. The van der Waals surface area contributed by atoms with Gasteiger partial charge in [-0.2, -0.15) is 0 Å². The first kappa shape index (κ1) is 24.8. The van der Waals surface area contributed by atoms with Gasteiger partial charge in [-0.1, -0.05) is 65.5 Å². The van der Waals surface area contributed by atoms with Gasteiger partial charge in [0.05, 0.1) is 11.1 Å². The van der Waals surface area contributed by atoms with Crippen molar-refractivity contribution in [1.82, 2.24) is 5.32 Å². The first-order valence-corrected chi connectivity index (χ1v) is 13.9. The smallest absolute Gasteiger partial charge is 0.258 e. The van der Waals surface area contributed by atoms with Gasteiger partial charge in [-0.05, 0) is 62.5 Å². The Bertz CT molecular complexity index is 530. The fourth-order valence-electron chi connectivity index (χ4n) is 3.76. The van der Waals surface area contributed by atoms with E-state index in [0.717, 1.165) is 0 Å². The quantitative estimate of drug-likeness (QED) is 0.307. The second-order valence-corrected chi connectivity index (χ2v) is 12.5. The van der Waals surface area contributed by atoms with E-state index < -0.39 is 7.26 Å². The van der Waals surface area contributed by atoms with E-state index in [0.29, 0.717) is 11.1 Å². The number of hydrogen-bond donors (Lipinski definition) is 1. The molecular formula is C24H41NO2P. The Morgan fingerprint density at radius 3 is 1.25 bits per heavy atom. The van der Waals surface area contributed by atoms with Crippen LogP contribution in [-0.2, 0) is 0 Å². The standard InChI is InChI=1S/C16H36P.C8H5NO2/c1-5-9-13-17(14-10-6-2,15-11-7-3)16-12-8-4;10-7-5-3-1-2-4-6(5)8(11)9-7/h5-16H2,1-4H3;1-4H,(H,9,10,11). The molecule has 0 saturated carbocycles. The highest BCUT2D eigenvalue weighted by Crippen LogP contribution is 2.61. The predicted molar refractivity (Wildman–Crippen MR) is 124 cm³/mol. The summed E-state index contributed by atoms with van der Waals surface area (Å²) < 4.78 is 0. The van der Waals surface area contributed by atoms with Crippen LogP contribution in [0.2, 0.25) is 0 Å². The van der Waals surface area contributed by atoms with Gasteiger partial charge in [0.15, 0.2) is 0 Å². The molecule has 0 bridgehead atoms. The van der Waals surface area contributed by atoms with Crippen molar-refractivity contribution in [3.63, 3.8) is 0 Å². The lowest BCUT2D eigenvalue weighted by Crippen LogP contribution is -2.19. The monoisotopic (exact) mass is 406 g/mol. The van der Waals surface area contributed by atoms with Gasteiger partial charge >= 0.3 is 0 Å². The Labute approximate surface area is 173 Å². The van der Waals surface area contributed by atoms with Crippen molar-refractivity contribution in [3.8, 4) is 0 Å². The molecule has 1 aromatic rings. The Hall–Kier alpha value is -1.21. The molecular weight excluding hydrogens is 365 g/mol. The van der Waals surface area contributed by atoms with Crippen LogP contribution in [0.3, 0.4) is 0 Å². The first-order chi connectivity index (χ1) is 13.5. The largest absolute Gasteiger partial charge is 0.288 e. The fourth-order valence-corrected chi connectivity index (χ4v) is 9.05. The molecule has 2 amide bonds. The Morgan fingerprint density at radius 2 is 0.964 bits per heavy atom. The zero-order chi connectivity index (χ0) is 20.8. The van der Waals surface area contributed by atoms with Gasteiger partial charge in [0.2, 0.25) is 0 Å². The molecule has 0 spiro atoms. The van der Waals surface area contributed by atoms with Gasteiger partial charge in [-0.25, -0.2) is 0 Å². The number of fused-ring (bicyclic) bond motifs is 1. The third kappa shape index (κ3) is 8.03. The second-order valence-electron chi connectivity index (χ2n) is 7.98. The summed E-state index contributed by atoms with van der Waals surface area (Å²) in [4.78, 5) is 21.9. The van der Waals surface area contributed by atoms with Crippen LogP contribution in [0, 0.1) is 0 Å². The molecule has 4 heteroatoms. The van der Waals surface area contributed by atoms with Crippen molar-refractivity contribution in [3.05, 3.63) is 35.4 Å².